The van der Waals surface area contributed by atoms with E-state index in [1.807, 2.05) is 4.72 Å². The van der Waals surface area contributed by atoms with E-state index in [0.29, 0.717) is 0 Å². The summed E-state index contributed by atoms with van der Waals surface area (Å²) in [5.74, 6) is -1.82. The highest BCUT2D eigenvalue weighted by atomic mass is 32.2. The number of carboxylic acids is 1. The van der Waals surface area contributed by atoms with Crippen LogP contribution in [-0.2, 0) is 27.1 Å². The summed E-state index contributed by atoms with van der Waals surface area (Å²) in [6, 6.07) is 0.974. The fourth-order valence-corrected chi connectivity index (χ4v) is 2.91. The SMILES string of the molecule is Cn1cc(S(=O)(=O)NCCS(N)(=O)=O)cc1C(=O)O. The lowest BCUT2D eigenvalue weighted by molar-refractivity contribution is 0.0686. The molecule has 0 atom stereocenters. The molecule has 1 aromatic heterocycles. The number of rotatable bonds is 6. The molecule has 19 heavy (non-hydrogen) atoms. The summed E-state index contributed by atoms with van der Waals surface area (Å²) in [5.41, 5.74) is -0.202. The van der Waals surface area contributed by atoms with Crippen LogP contribution in [0.3, 0.4) is 0 Å². The molecule has 1 heterocycles. The number of aromatic carboxylic acids is 1. The first-order valence-corrected chi connectivity index (χ1v) is 8.12. The zero-order chi connectivity index (χ0) is 14.8. The van der Waals surface area contributed by atoms with Gasteiger partial charge in [0.2, 0.25) is 20.0 Å². The van der Waals surface area contributed by atoms with Crippen LogP contribution in [0.25, 0.3) is 0 Å². The van der Waals surface area contributed by atoms with Crippen LogP contribution in [0.2, 0.25) is 0 Å². The van der Waals surface area contributed by atoms with E-state index in [9.17, 15) is 21.6 Å². The summed E-state index contributed by atoms with van der Waals surface area (Å²) in [6.45, 7) is -0.390. The fourth-order valence-electron chi connectivity index (χ4n) is 1.30. The number of nitrogens with zero attached hydrogens (tertiary/aromatic N) is 1. The Kier molecular flexibility index (Phi) is 4.35. The van der Waals surface area contributed by atoms with Crippen LogP contribution in [0.5, 0.6) is 0 Å². The second kappa shape index (κ2) is 5.28. The lowest BCUT2D eigenvalue weighted by Crippen LogP contribution is -2.31. The number of hydrogen-bond donors (Lipinski definition) is 3. The van der Waals surface area contributed by atoms with Crippen LogP contribution < -0.4 is 9.86 Å². The second-order valence-electron chi connectivity index (χ2n) is 3.74. The first-order valence-electron chi connectivity index (χ1n) is 4.93. The summed E-state index contributed by atoms with van der Waals surface area (Å²) in [7, 11) is -6.36. The maximum Gasteiger partial charge on any atom is 0.352 e. The molecule has 0 aliphatic carbocycles. The van der Waals surface area contributed by atoms with Gasteiger partial charge in [0.05, 0.1) is 5.75 Å². The maximum atomic E-state index is 11.8. The molecule has 0 bridgehead atoms. The van der Waals surface area contributed by atoms with Crippen molar-refractivity contribution in [3.05, 3.63) is 18.0 Å². The number of aryl methyl sites for hydroxylation is 1. The number of carbonyl (C=O) groups is 1. The molecule has 0 aromatic carbocycles. The van der Waals surface area contributed by atoms with E-state index < -0.39 is 38.3 Å². The van der Waals surface area contributed by atoms with Gasteiger partial charge in [0.25, 0.3) is 0 Å². The Morgan fingerprint density at radius 3 is 2.42 bits per heavy atom. The van der Waals surface area contributed by atoms with Crippen LogP contribution >= 0.6 is 0 Å². The number of nitrogens with one attached hydrogen (secondary N) is 1. The highest BCUT2D eigenvalue weighted by Crippen LogP contribution is 2.13. The zero-order valence-corrected chi connectivity index (χ0v) is 11.5. The smallest absolute Gasteiger partial charge is 0.352 e. The van der Waals surface area contributed by atoms with Crippen molar-refractivity contribution in [1.29, 1.82) is 0 Å². The van der Waals surface area contributed by atoms with Crippen molar-refractivity contribution in [2.45, 2.75) is 4.90 Å². The van der Waals surface area contributed by atoms with Gasteiger partial charge in [-0.15, -0.1) is 0 Å². The third-order valence-electron chi connectivity index (χ3n) is 2.19. The van der Waals surface area contributed by atoms with Gasteiger partial charge in [-0.3, -0.25) is 0 Å². The second-order valence-corrected chi connectivity index (χ2v) is 7.24. The molecule has 11 heteroatoms. The minimum atomic E-state index is -3.97. The minimum absolute atomic E-state index is 0.202. The van der Waals surface area contributed by atoms with E-state index in [4.69, 9.17) is 10.2 Å². The molecule has 0 radical (unpaired) electrons. The lowest BCUT2D eigenvalue weighted by atomic mass is 10.4. The van der Waals surface area contributed by atoms with E-state index in [0.717, 1.165) is 16.8 Å². The molecule has 0 saturated heterocycles. The van der Waals surface area contributed by atoms with E-state index in [-0.39, 0.29) is 10.6 Å². The standard InChI is InChI=1S/C8H13N3O6S2/c1-11-5-6(4-7(11)8(12)13)19(16,17)10-2-3-18(9,14)15/h4-5,10H,2-3H2,1H3,(H,12,13)(H2,9,14,15). The molecule has 0 amide bonds. The molecule has 9 nitrogen and oxygen atoms in total. The zero-order valence-electron chi connectivity index (χ0n) is 9.90. The Morgan fingerprint density at radius 2 is 2.00 bits per heavy atom. The first-order chi connectivity index (χ1) is 8.53. The average Bonchev–Trinajstić information content (AvgIpc) is 2.58. The largest absolute Gasteiger partial charge is 0.477 e. The van der Waals surface area contributed by atoms with Crippen molar-refractivity contribution in [3.63, 3.8) is 0 Å². The van der Waals surface area contributed by atoms with Gasteiger partial charge in [-0.25, -0.2) is 31.5 Å². The van der Waals surface area contributed by atoms with E-state index >= 15 is 0 Å². The minimum Gasteiger partial charge on any atom is -0.477 e. The fraction of sp³-hybridized carbons (Fsp3) is 0.375. The number of sulfonamides is 2. The van der Waals surface area contributed by atoms with Crippen LogP contribution in [0, 0.1) is 0 Å². The predicted octanol–water partition coefficient (Wildman–Crippen LogP) is -1.71. The van der Waals surface area contributed by atoms with E-state index in [1.54, 1.807) is 0 Å². The quantitative estimate of drug-likeness (QED) is 0.569. The molecule has 0 aliphatic heterocycles. The highest BCUT2D eigenvalue weighted by molar-refractivity contribution is 7.90. The van der Waals surface area contributed by atoms with Crippen molar-refractivity contribution < 1.29 is 26.7 Å². The van der Waals surface area contributed by atoms with Crippen LogP contribution in [-0.4, -0.2) is 44.8 Å². The first kappa shape index (κ1) is 15.6. The topological polar surface area (TPSA) is 149 Å². The third-order valence-corrected chi connectivity index (χ3v) is 4.39. The average molecular weight is 311 g/mol. The predicted molar refractivity (Wildman–Crippen MR) is 65.5 cm³/mol. The lowest BCUT2D eigenvalue weighted by Gasteiger charge is -2.03. The van der Waals surface area contributed by atoms with Gasteiger partial charge >= 0.3 is 5.97 Å². The molecule has 0 saturated carbocycles. The van der Waals surface area contributed by atoms with Gasteiger partial charge in [-0.1, -0.05) is 0 Å². The van der Waals surface area contributed by atoms with E-state index in [2.05, 4.69) is 0 Å². The molecule has 0 aliphatic rings. The van der Waals surface area contributed by atoms with Gasteiger partial charge in [0, 0.05) is 19.8 Å². The van der Waals surface area contributed by atoms with Crippen LogP contribution in [0.1, 0.15) is 10.5 Å². The normalized spacial score (nSPS) is 12.5. The summed E-state index contributed by atoms with van der Waals surface area (Å²) in [6.07, 6.45) is 1.11. The monoisotopic (exact) mass is 311 g/mol. The number of primary sulfonamides is 1. The number of nitrogens with two attached hydrogens (primary N) is 1. The molecular weight excluding hydrogens is 298 g/mol. The summed E-state index contributed by atoms with van der Waals surface area (Å²) in [4.78, 5) is 10.5. The number of carboxylic acid groups (broad SMARTS) is 1. The number of hydrogen-bond acceptors (Lipinski definition) is 5. The molecule has 108 valence electrons. The van der Waals surface area contributed by atoms with Crippen molar-refractivity contribution >= 4 is 26.0 Å². The molecule has 0 unspecified atom stereocenters. The molecule has 4 N–H and O–H groups in total. The Bertz CT molecular complexity index is 688. The van der Waals surface area contributed by atoms with Crippen LogP contribution in [0.4, 0.5) is 0 Å². The van der Waals surface area contributed by atoms with Gasteiger partial charge in [-0.05, 0) is 6.07 Å². The maximum absolute atomic E-state index is 11.8. The van der Waals surface area contributed by atoms with Crippen molar-refractivity contribution in [2.75, 3.05) is 12.3 Å². The van der Waals surface area contributed by atoms with Crippen molar-refractivity contribution in [1.82, 2.24) is 9.29 Å². The molecular formula is C8H13N3O6S2. The molecule has 1 rings (SSSR count). The Morgan fingerprint density at radius 1 is 1.42 bits per heavy atom. The van der Waals surface area contributed by atoms with Gasteiger partial charge in [-0.2, -0.15) is 0 Å². The molecule has 1 aromatic rings. The van der Waals surface area contributed by atoms with Gasteiger partial charge < -0.3 is 9.67 Å². The Labute approximate surface area is 110 Å². The Hall–Kier alpha value is -1.43. The van der Waals surface area contributed by atoms with E-state index in [1.165, 1.54) is 7.05 Å². The molecule has 0 spiro atoms. The summed E-state index contributed by atoms with van der Waals surface area (Å²) < 4.78 is 48.0. The number of aromatic nitrogens is 1. The summed E-state index contributed by atoms with van der Waals surface area (Å²) >= 11 is 0. The van der Waals surface area contributed by atoms with Gasteiger partial charge in [0.15, 0.2) is 0 Å². The van der Waals surface area contributed by atoms with Crippen LogP contribution in [0.15, 0.2) is 17.2 Å². The molecule has 0 fully saturated rings. The van der Waals surface area contributed by atoms with Crippen molar-refractivity contribution in [2.24, 2.45) is 12.2 Å². The van der Waals surface area contributed by atoms with Crippen molar-refractivity contribution in [3.8, 4) is 0 Å². The summed E-state index contributed by atoms with van der Waals surface area (Å²) in [5, 5.41) is 13.5. The Balaban J connectivity index is 2.89. The highest BCUT2D eigenvalue weighted by Gasteiger charge is 2.20. The third kappa shape index (κ3) is 4.31. The van der Waals surface area contributed by atoms with Gasteiger partial charge in [0.1, 0.15) is 10.6 Å².